The van der Waals surface area contributed by atoms with Crippen molar-refractivity contribution in [3.05, 3.63) is 0 Å². The molecule has 1 aliphatic heterocycles. The number of hydrogen-bond acceptors (Lipinski definition) is 2. The third-order valence-corrected chi connectivity index (χ3v) is 1.81. The first-order chi connectivity index (χ1) is 5.24. The minimum absolute atomic E-state index is 0. The first-order valence-corrected chi connectivity index (χ1v) is 3.76. The highest BCUT2D eigenvalue weighted by molar-refractivity contribution is 5.85. The maximum Gasteiger partial charge on any atom is 0.224 e. The fraction of sp³-hybridized carbons (Fsp3) is 0.857. The number of amides is 1. The molecule has 72 valence electrons. The summed E-state index contributed by atoms with van der Waals surface area (Å²) in [7, 11) is 0. The van der Waals surface area contributed by atoms with Crippen LogP contribution in [0.4, 0.5) is 4.39 Å². The molecule has 0 aromatic heterocycles. The van der Waals surface area contributed by atoms with Crippen LogP contribution in [0.25, 0.3) is 0 Å². The van der Waals surface area contributed by atoms with Gasteiger partial charge in [-0.3, -0.25) is 4.79 Å². The smallest absolute Gasteiger partial charge is 0.224 e. The van der Waals surface area contributed by atoms with Crippen molar-refractivity contribution in [1.29, 1.82) is 0 Å². The first-order valence-electron chi connectivity index (χ1n) is 3.76. The van der Waals surface area contributed by atoms with Crippen molar-refractivity contribution < 1.29 is 14.3 Å². The van der Waals surface area contributed by atoms with Crippen LogP contribution in [-0.2, 0) is 4.79 Å². The van der Waals surface area contributed by atoms with E-state index in [-0.39, 0.29) is 37.9 Å². The van der Waals surface area contributed by atoms with Crippen LogP contribution in [0.5, 0.6) is 0 Å². The van der Waals surface area contributed by atoms with Crippen LogP contribution in [0, 0.1) is 0 Å². The summed E-state index contributed by atoms with van der Waals surface area (Å²) in [6.07, 6.45) is -0.304. The number of hydrogen-bond donors (Lipinski definition) is 1. The zero-order chi connectivity index (χ0) is 8.27. The molecule has 12 heavy (non-hydrogen) atoms. The molecule has 0 saturated carbocycles. The van der Waals surface area contributed by atoms with E-state index in [0.717, 1.165) is 0 Å². The van der Waals surface area contributed by atoms with E-state index in [1.54, 1.807) is 0 Å². The molecule has 1 aliphatic rings. The van der Waals surface area contributed by atoms with Crippen LogP contribution in [0.1, 0.15) is 12.8 Å². The first kappa shape index (κ1) is 11.6. The number of aliphatic hydroxyl groups excluding tert-OH is 1. The van der Waals surface area contributed by atoms with Gasteiger partial charge >= 0.3 is 0 Å². The van der Waals surface area contributed by atoms with Gasteiger partial charge in [0, 0.05) is 13.0 Å². The van der Waals surface area contributed by atoms with Crippen LogP contribution in [0.3, 0.4) is 0 Å². The Kier molecular flexibility index (Phi) is 5.17. The molecule has 1 rings (SSSR count). The third-order valence-electron chi connectivity index (χ3n) is 1.81. The van der Waals surface area contributed by atoms with E-state index < -0.39 is 6.17 Å². The van der Waals surface area contributed by atoms with Crippen molar-refractivity contribution in [2.45, 2.75) is 19.0 Å². The highest BCUT2D eigenvalue weighted by atomic mass is 35.5. The molecule has 0 aliphatic carbocycles. The predicted molar refractivity (Wildman–Crippen MR) is 45.0 cm³/mol. The van der Waals surface area contributed by atoms with Gasteiger partial charge in [-0.15, -0.1) is 12.4 Å². The lowest BCUT2D eigenvalue weighted by molar-refractivity contribution is -0.131. The minimum Gasteiger partial charge on any atom is -0.396 e. The Hall–Kier alpha value is -0.350. The summed E-state index contributed by atoms with van der Waals surface area (Å²) in [6, 6.07) is 0. The molecule has 1 saturated heterocycles. The molecular weight excluding hydrogens is 185 g/mol. The van der Waals surface area contributed by atoms with Crippen molar-refractivity contribution in [2.75, 3.05) is 19.7 Å². The molecule has 1 heterocycles. The lowest BCUT2D eigenvalue weighted by atomic mass is 10.3. The SMILES string of the molecule is Cl.O=C(CCO)N1CC[C@H](F)C1. The van der Waals surface area contributed by atoms with Crippen molar-refractivity contribution in [2.24, 2.45) is 0 Å². The molecule has 1 atom stereocenters. The summed E-state index contributed by atoms with van der Waals surface area (Å²) >= 11 is 0. The van der Waals surface area contributed by atoms with E-state index in [4.69, 9.17) is 5.11 Å². The van der Waals surface area contributed by atoms with Gasteiger partial charge in [0.2, 0.25) is 5.91 Å². The maximum absolute atomic E-state index is 12.5. The molecule has 0 unspecified atom stereocenters. The third kappa shape index (κ3) is 2.95. The Morgan fingerprint density at radius 3 is 2.75 bits per heavy atom. The second-order valence-corrected chi connectivity index (χ2v) is 2.70. The lowest BCUT2D eigenvalue weighted by Crippen LogP contribution is -2.29. The second-order valence-electron chi connectivity index (χ2n) is 2.70. The highest BCUT2D eigenvalue weighted by Crippen LogP contribution is 2.12. The number of carbonyl (C=O) groups excluding carboxylic acids is 1. The quantitative estimate of drug-likeness (QED) is 0.695. The van der Waals surface area contributed by atoms with Crippen LogP contribution >= 0.6 is 12.4 Å². The van der Waals surface area contributed by atoms with E-state index in [9.17, 15) is 9.18 Å². The van der Waals surface area contributed by atoms with Gasteiger partial charge in [0.25, 0.3) is 0 Å². The van der Waals surface area contributed by atoms with E-state index >= 15 is 0 Å². The monoisotopic (exact) mass is 197 g/mol. The highest BCUT2D eigenvalue weighted by Gasteiger charge is 2.24. The lowest BCUT2D eigenvalue weighted by Gasteiger charge is -2.13. The van der Waals surface area contributed by atoms with Gasteiger partial charge in [-0.25, -0.2) is 4.39 Å². The molecule has 1 N–H and O–H groups in total. The number of alkyl halides is 1. The Balaban J connectivity index is 0.00000121. The standard InChI is InChI=1S/C7H12FNO2.ClH/c8-6-1-3-9(5-6)7(11)2-4-10;/h6,10H,1-5H2;1H/t6-;/m0./s1. The summed E-state index contributed by atoms with van der Waals surface area (Å²) in [5.74, 6) is -0.146. The summed E-state index contributed by atoms with van der Waals surface area (Å²) in [5.41, 5.74) is 0. The van der Waals surface area contributed by atoms with Gasteiger partial charge < -0.3 is 10.0 Å². The van der Waals surface area contributed by atoms with E-state index in [2.05, 4.69) is 0 Å². The molecule has 0 aromatic carbocycles. The van der Waals surface area contributed by atoms with Crippen LogP contribution in [-0.4, -0.2) is 41.8 Å². The molecule has 0 spiro atoms. The van der Waals surface area contributed by atoms with E-state index in [1.807, 2.05) is 0 Å². The van der Waals surface area contributed by atoms with Crippen molar-refractivity contribution in [3.8, 4) is 0 Å². The normalized spacial score (nSPS) is 22.2. The Morgan fingerprint density at radius 1 is 1.67 bits per heavy atom. The van der Waals surface area contributed by atoms with E-state index in [1.165, 1.54) is 4.90 Å². The topological polar surface area (TPSA) is 40.5 Å². The van der Waals surface area contributed by atoms with Crippen LogP contribution in [0.2, 0.25) is 0 Å². The Bertz CT molecular complexity index is 156. The molecule has 3 nitrogen and oxygen atoms in total. The average molecular weight is 198 g/mol. The zero-order valence-corrected chi connectivity index (χ0v) is 7.52. The maximum atomic E-state index is 12.5. The second kappa shape index (κ2) is 5.32. The van der Waals surface area contributed by atoms with Gasteiger partial charge in [-0.1, -0.05) is 0 Å². The fourth-order valence-electron chi connectivity index (χ4n) is 1.20. The largest absolute Gasteiger partial charge is 0.396 e. The van der Waals surface area contributed by atoms with Crippen LogP contribution in [0.15, 0.2) is 0 Å². The molecule has 0 aromatic rings. The van der Waals surface area contributed by atoms with Gasteiger partial charge in [-0.2, -0.15) is 0 Å². The number of aliphatic hydroxyl groups is 1. The summed E-state index contributed by atoms with van der Waals surface area (Å²) in [5, 5.41) is 8.42. The Morgan fingerprint density at radius 2 is 2.33 bits per heavy atom. The zero-order valence-electron chi connectivity index (χ0n) is 6.70. The molecule has 1 fully saturated rings. The summed E-state index contributed by atoms with van der Waals surface area (Å²) in [4.78, 5) is 12.4. The Labute approximate surface area is 77.0 Å². The number of halogens is 2. The predicted octanol–water partition coefficient (Wildman–Crippen LogP) is 0.361. The average Bonchev–Trinajstić information content (AvgIpc) is 2.36. The molecule has 0 bridgehead atoms. The van der Waals surface area contributed by atoms with Gasteiger partial charge in [0.1, 0.15) is 6.17 Å². The van der Waals surface area contributed by atoms with Crippen LogP contribution < -0.4 is 0 Å². The van der Waals surface area contributed by atoms with Crippen molar-refractivity contribution >= 4 is 18.3 Å². The minimum atomic E-state index is -0.863. The van der Waals surface area contributed by atoms with E-state index in [0.29, 0.717) is 13.0 Å². The summed E-state index contributed by atoms with van der Waals surface area (Å²) in [6.45, 7) is 0.561. The van der Waals surface area contributed by atoms with Gasteiger partial charge in [-0.05, 0) is 6.42 Å². The van der Waals surface area contributed by atoms with Gasteiger partial charge in [0.05, 0.1) is 13.2 Å². The van der Waals surface area contributed by atoms with Crippen molar-refractivity contribution in [1.82, 2.24) is 4.90 Å². The van der Waals surface area contributed by atoms with Crippen molar-refractivity contribution in [3.63, 3.8) is 0 Å². The number of nitrogens with zero attached hydrogens (tertiary/aromatic N) is 1. The summed E-state index contributed by atoms with van der Waals surface area (Å²) < 4.78 is 12.5. The number of carbonyl (C=O) groups is 1. The molecular formula is C7H13ClFNO2. The fourth-order valence-corrected chi connectivity index (χ4v) is 1.20. The van der Waals surface area contributed by atoms with Gasteiger partial charge in [0.15, 0.2) is 0 Å². The number of rotatable bonds is 2. The molecule has 1 amide bonds. The molecule has 5 heteroatoms. The number of likely N-dealkylation sites (tertiary alicyclic amines) is 1. The molecule has 0 radical (unpaired) electrons.